The summed E-state index contributed by atoms with van der Waals surface area (Å²) < 4.78 is 42.0. The molecule has 0 aliphatic heterocycles. The van der Waals surface area contributed by atoms with Gasteiger partial charge in [-0.3, -0.25) is 4.31 Å². The lowest BCUT2D eigenvalue weighted by Crippen LogP contribution is -2.41. The minimum Gasteiger partial charge on any atom is -0.548 e. The number of carboxylic acid groups (broad SMARTS) is 1. The molecule has 0 aliphatic rings. The first-order chi connectivity index (χ1) is 12.3. The Morgan fingerprint density at radius 2 is 1.58 bits per heavy atom. The van der Waals surface area contributed by atoms with Crippen molar-refractivity contribution in [2.45, 2.75) is 4.90 Å². The van der Waals surface area contributed by atoms with E-state index >= 15 is 0 Å². The first kappa shape index (κ1) is 19.4. The van der Waals surface area contributed by atoms with Gasteiger partial charge < -0.3 is 24.1 Å². The average molecular weight is 380 g/mol. The first-order valence-corrected chi connectivity index (χ1v) is 8.86. The van der Waals surface area contributed by atoms with Crippen LogP contribution >= 0.6 is 0 Å². The molecular weight excluding hydrogens is 362 g/mol. The summed E-state index contributed by atoms with van der Waals surface area (Å²) in [5.74, 6) is -0.477. The molecule has 0 spiro atoms. The Balaban J connectivity index is 2.53. The number of ether oxygens (including phenoxy) is 3. The molecule has 9 heteroatoms. The third-order valence-electron chi connectivity index (χ3n) is 3.58. The van der Waals surface area contributed by atoms with E-state index in [4.69, 9.17) is 14.2 Å². The van der Waals surface area contributed by atoms with Crippen molar-refractivity contribution in [3.63, 3.8) is 0 Å². The van der Waals surface area contributed by atoms with Gasteiger partial charge >= 0.3 is 0 Å². The van der Waals surface area contributed by atoms with E-state index in [1.54, 1.807) is 0 Å². The van der Waals surface area contributed by atoms with Gasteiger partial charge in [0.1, 0.15) is 5.75 Å². The Hall–Kier alpha value is -2.94. The number of benzene rings is 2. The van der Waals surface area contributed by atoms with E-state index in [2.05, 4.69) is 0 Å². The molecule has 140 valence electrons. The molecule has 0 N–H and O–H groups in total. The van der Waals surface area contributed by atoms with Gasteiger partial charge in [0.2, 0.25) is 0 Å². The number of carboxylic acids is 1. The Kier molecular flexibility index (Phi) is 5.93. The maximum Gasteiger partial charge on any atom is 0.264 e. The fourth-order valence-electron chi connectivity index (χ4n) is 2.29. The summed E-state index contributed by atoms with van der Waals surface area (Å²) in [6, 6.07) is 9.95. The number of carbonyl (C=O) groups excluding carboxylic acids is 1. The summed E-state index contributed by atoms with van der Waals surface area (Å²) >= 11 is 0. The summed E-state index contributed by atoms with van der Waals surface area (Å²) in [5.41, 5.74) is 0.157. The second kappa shape index (κ2) is 7.96. The molecule has 0 bridgehead atoms. The molecule has 26 heavy (non-hydrogen) atoms. The second-order valence-electron chi connectivity index (χ2n) is 5.10. The van der Waals surface area contributed by atoms with E-state index in [0.717, 1.165) is 4.31 Å². The highest BCUT2D eigenvalue weighted by Gasteiger charge is 2.26. The van der Waals surface area contributed by atoms with Gasteiger partial charge in [0.25, 0.3) is 10.0 Å². The zero-order chi connectivity index (χ0) is 19.3. The maximum atomic E-state index is 13.0. The van der Waals surface area contributed by atoms with Crippen LogP contribution in [0.1, 0.15) is 0 Å². The average Bonchev–Trinajstić information content (AvgIpc) is 2.65. The molecule has 0 fully saturated rings. The van der Waals surface area contributed by atoms with E-state index < -0.39 is 22.5 Å². The van der Waals surface area contributed by atoms with E-state index in [9.17, 15) is 18.3 Å². The number of nitrogens with zero attached hydrogens (tertiary/aromatic N) is 1. The van der Waals surface area contributed by atoms with Gasteiger partial charge in [0.05, 0.1) is 44.4 Å². The molecule has 0 saturated heterocycles. The summed E-state index contributed by atoms with van der Waals surface area (Å²) in [6.45, 7) is -0.844. The Labute approximate surface area is 151 Å². The monoisotopic (exact) mass is 380 g/mol. The van der Waals surface area contributed by atoms with Gasteiger partial charge in [0.15, 0.2) is 11.5 Å². The molecule has 0 unspecified atom stereocenters. The summed E-state index contributed by atoms with van der Waals surface area (Å²) in [6.07, 6.45) is 0. The van der Waals surface area contributed by atoms with Crippen LogP contribution in [0.5, 0.6) is 17.2 Å². The van der Waals surface area contributed by atoms with Crippen LogP contribution < -0.4 is 23.6 Å². The molecule has 2 aromatic carbocycles. The van der Waals surface area contributed by atoms with Gasteiger partial charge in [-0.1, -0.05) is 0 Å². The highest BCUT2D eigenvalue weighted by molar-refractivity contribution is 7.92. The Morgan fingerprint density at radius 1 is 0.962 bits per heavy atom. The lowest BCUT2D eigenvalue weighted by Gasteiger charge is -2.25. The number of sulfonamides is 1. The lowest BCUT2D eigenvalue weighted by molar-refractivity contribution is -0.303. The summed E-state index contributed by atoms with van der Waals surface area (Å²) in [5, 5.41) is 11.1. The van der Waals surface area contributed by atoms with Gasteiger partial charge in [-0.15, -0.1) is 0 Å². The largest absolute Gasteiger partial charge is 0.548 e. The molecular formula is C17H18NO7S-. The summed E-state index contributed by atoms with van der Waals surface area (Å²) in [7, 11) is 0.0705. The SMILES string of the molecule is COc1ccc(N(CC(=O)[O-])S(=O)(=O)c2ccc(OC)c(OC)c2)cc1. The normalized spacial score (nSPS) is 10.9. The van der Waals surface area contributed by atoms with Crippen molar-refractivity contribution in [2.75, 3.05) is 32.2 Å². The third kappa shape index (κ3) is 3.99. The minimum absolute atomic E-state index is 0.146. The van der Waals surface area contributed by atoms with Crippen molar-refractivity contribution in [2.24, 2.45) is 0 Å². The third-order valence-corrected chi connectivity index (χ3v) is 5.35. The quantitative estimate of drug-likeness (QED) is 0.662. The van der Waals surface area contributed by atoms with Crippen LogP contribution in [-0.2, 0) is 14.8 Å². The number of aliphatic carboxylic acids is 1. The zero-order valence-electron chi connectivity index (χ0n) is 14.5. The van der Waals surface area contributed by atoms with Crippen molar-refractivity contribution in [1.82, 2.24) is 0 Å². The van der Waals surface area contributed by atoms with Crippen molar-refractivity contribution in [3.05, 3.63) is 42.5 Å². The zero-order valence-corrected chi connectivity index (χ0v) is 15.3. The number of anilines is 1. The van der Waals surface area contributed by atoms with E-state index in [-0.39, 0.29) is 16.3 Å². The van der Waals surface area contributed by atoms with Gasteiger partial charge in [-0.05, 0) is 36.4 Å². The molecule has 0 saturated carbocycles. The highest BCUT2D eigenvalue weighted by atomic mass is 32.2. The number of methoxy groups -OCH3 is 3. The van der Waals surface area contributed by atoms with E-state index in [1.165, 1.54) is 63.8 Å². The van der Waals surface area contributed by atoms with Crippen molar-refractivity contribution in [3.8, 4) is 17.2 Å². The van der Waals surface area contributed by atoms with Gasteiger partial charge in [0, 0.05) is 6.07 Å². The maximum absolute atomic E-state index is 13.0. The molecule has 8 nitrogen and oxygen atoms in total. The number of hydrogen-bond donors (Lipinski definition) is 0. The van der Waals surface area contributed by atoms with E-state index in [1.807, 2.05) is 0 Å². The van der Waals surface area contributed by atoms with Crippen LogP contribution in [-0.4, -0.2) is 42.3 Å². The number of carbonyl (C=O) groups is 1. The first-order valence-electron chi connectivity index (χ1n) is 7.42. The lowest BCUT2D eigenvalue weighted by atomic mass is 10.3. The Morgan fingerprint density at radius 3 is 2.08 bits per heavy atom. The highest BCUT2D eigenvalue weighted by Crippen LogP contribution is 2.32. The molecule has 2 rings (SSSR count). The predicted molar refractivity (Wildman–Crippen MR) is 92.1 cm³/mol. The van der Waals surface area contributed by atoms with Crippen LogP contribution in [0, 0.1) is 0 Å². The standard InChI is InChI=1S/C17H19NO7S/c1-23-13-6-4-12(5-7-13)18(11-17(19)20)26(21,22)14-8-9-15(24-2)16(10-14)25-3/h4-10H,11H2,1-3H3,(H,19,20)/p-1. The van der Waals surface area contributed by atoms with E-state index in [0.29, 0.717) is 11.5 Å². The minimum atomic E-state index is -4.19. The van der Waals surface area contributed by atoms with Crippen molar-refractivity contribution >= 4 is 21.7 Å². The Bertz CT molecular complexity index is 878. The molecule has 0 radical (unpaired) electrons. The van der Waals surface area contributed by atoms with Crippen LogP contribution in [0.25, 0.3) is 0 Å². The van der Waals surface area contributed by atoms with Crippen LogP contribution in [0.3, 0.4) is 0 Å². The van der Waals surface area contributed by atoms with Crippen molar-refractivity contribution in [1.29, 1.82) is 0 Å². The van der Waals surface area contributed by atoms with Crippen LogP contribution in [0.4, 0.5) is 5.69 Å². The predicted octanol–water partition coefficient (Wildman–Crippen LogP) is 0.658. The van der Waals surface area contributed by atoms with Gasteiger partial charge in [-0.25, -0.2) is 8.42 Å². The molecule has 0 heterocycles. The molecule has 2 aromatic rings. The molecule has 0 atom stereocenters. The topological polar surface area (TPSA) is 105 Å². The fraction of sp³-hybridized carbons (Fsp3) is 0.235. The van der Waals surface area contributed by atoms with Gasteiger partial charge in [-0.2, -0.15) is 0 Å². The van der Waals surface area contributed by atoms with Crippen molar-refractivity contribution < 1.29 is 32.5 Å². The molecule has 0 amide bonds. The van der Waals surface area contributed by atoms with Crippen LogP contribution in [0.2, 0.25) is 0 Å². The molecule has 0 aromatic heterocycles. The fourth-order valence-corrected chi connectivity index (χ4v) is 3.71. The number of hydrogen-bond acceptors (Lipinski definition) is 7. The summed E-state index contributed by atoms with van der Waals surface area (Å²) in [4.78, 5) is 11.0. The smallest absolute Gasteiger partial charge is 0.264 e. The van der Waals surface area contributed by atoms with Crippen LogP contribution in [0.15, 0.2) is 47.4 Å². The second-order valence-corrected chi connectivity index (χ2v) is 6.96. The molecule has 0 aliphatic carbocycles. The number of rotatable bonds is 8.